The van der Waals surface area contributed by atoms with Gasteiger partial charge in [-0.05, 0) is 36.2 Å². The van der Waals surface area contributed by atoms with Crippen LogP contribution in [0.15, 0.2) is 22.8 Å². The van der Waals surface area contributed by atoms with Crippen molar-refractivity contribution >= 4 is 33.3 Å². The Bertz CT molecular complexity index is 874. The molecule has 0 unspecified atom stereocenters. The van der Waals surface area contributed by atoms with Gasteiger partial charge in [-0.3, -0.25) is 10.6 Å². The molecule has 0 spiro atoms. The maximum atomic E-state index is 13.2. The largest absolute Gasteiger partial charge is 0.282 e. The van der Waals surface area contributed by atoms with Crippen LogP contribution in [0.1, 0.15) is 17.8 Å². The van der Waals surface area contributed by atoms with Gasteiger partial charge in [0.05, 0.1) is 10.7 Å². The molecule has 1 aromatic heterocycles. The summed E-state index contributed by atoms with van der Waals surface area (Å²) < 4.78 is 41.4. The number of aromatic nitrogens is 2. The van der Waals surface area contributed by atoms with Gasteiger partial charge in [0.25, 0.3) is 10.2 Å². The van der Waals surface area contributed by atoms with E-state index >= 15 is 0 Å². The number of hydrogen-bond acceptors (Lipinski definition) is 7. The van der Waals surface area contributed by atoms with Crippen molar-refractivity contribution in [2.45, 2.75) is 12.8 Å². The number of amidine groups is 1. The molecule has 2 rings (SSSR count). The van der Waals surface area contributed by atoms with Crippen LogP contribution in [0.3, 0.4) is 0 Å². The molecule has 136 valence electrons. The minimum Gasteiger partial charge on any atom is -0.282 e. The SMILES string of the molecule is N=C(c1nonc1CCCNS(N)(=O)=O)N(O)c1ccc(F)c(Cl)c1. The van der Waals surface area contributed by atoms with Crippen LogP contribution in [0.25, 0.3) is 0 Å². The maximum absolute atomic E-state index is 13.2. The second-order valence-corrected chi connectivity index (χ2v) is 6.65. The van der Waals surface area contributed by atoms with E-state index in [-0.39, 0.29) is 35.1 Å². The summed E-state index contributed by atoms with van der Waals surface area (Å²) in [5, 5.41) is 30.3. The molecule has 25 heavy (non-hydrogen) atoms. The van der Waals surface area contributed by atoms with E-state index < -0.39 is 21.9 Å². The first-order chi connectivity index (χ1) is 11.7. The molecule has 1 aromatic carbocycles. The third-order valence-electron chi connectivity index (χ3n) is 3.03. The monoisotopic (exact) mass is 392 g/mol. The quantitative estimate of drug-likeness (QED) is 0.235. The van der Waals surface area contributed by atoms with Crippen molar-refractivity contribution in [2.24, 2.45) is 5.14 Å². The van der Waals surface area contributed by atoms with Crippen molar-refractivity contribution in [2.75, 3.05) is 11.6 Å². The minimum absolute atomic E-state index is 0.0428. The lowest BCUT2D eigenvalue weighted by molar-refractivity contribution is 0.297. The molecule has 5 N–H and O–H groups in total. The Balaban J connectivity index is 2.07. The number of anilines is 1. The predicted molar refractivity (Wildman–Crippen MR) is 86.2 cm³/mol. The van der Waals surface area contributed by atoms with Crippen LogP contribution in [0.4, 0.5) is 10.1 Å². The van der Waals surface area contributed by atoms with Crippen LogP contribution in [0.2, 0.25) is 5.02 Å². The molecule has 2 aromatic rings. The van der Waals surface area contributed by atoms with Gasteiger partial charge in [0.1, 0.15) is 11.5 Å². The van der Waals surface area contributed by atoms with Crippen LogP contribution >= 0.6 is 11.6 Å². The standard InChI is InChI=1S/C12H14ClFN6O4S/c13-8-6-7(3-4-9(8)14)20(21)12(15)11-10(18-24-19-11)2-1-5-17-25(16,22)23/h3-4,6,15,17,21H,1-2,5H2,(H2,16,22,23). The fourth-order valence-corrected chi connectivity index (χ4v) is 2.47. The van der Waals surface area contributed by atoms with Gasteiger partial charge in [-0.25, -0.2) is 23.9 Å². The van der Waals surface area contributed by atoms with Crippen LogP contribution < -0.4 is 14.9 Å². The highest BCUT2D eigenvalue weighted by atomic mass is 35.5. The van der Waals surface area contributed by atoms with E-state index in [1.54, 1.807) is 0 Å². The van der Waals surface area contributed by atoms with Crippen molar-refractivity contribution in [3.05, 3.63) is 40.4 Å². The number of nitrogens with zero attached hydrogens (tertiary/aromatic N) is 3. The number of benzene rings is 1. The van der Waals surface area contributed by atoms with E-state index in [0.717, 1.165) is 12.1 Å². The Morgan fingerprint density at radius 3 is 2.84 bits per heavy atom. The maximum Gasteiger partial charge on any atom is 0.274 e. The van der Waals surface area contributed by atoms with Gasteiger partial charge >= 0.3 is 0 Å². The van der Waals surface area contributed by atoms with E-state index in [2.05, 4.69) is 19.7 Å². The molecule has 13 heteroatoms. The molecule has 10 nitrogen and oxygen atoms in total. The molecule has 0 amide bonds. The highest BCUT2D eigenvalue weighted by Crippen LogP contribution is 2.23. The number of aryl methyl sites for hydroxylation is 1. The van der Waals surface area contributed by atoms with E-state index in [0.29, 0.717) is 11.5 Å². The number of hydroxylamine groups is 1. The van der Waals surface area contributed by atoms with Crippen LogP contribution in [-0.4, -0.2) is 36.3 Å². The topological polar surface area (TPSA) is 158 Å². The third kappa shape index (κ3) is 5.17. The third-order valence-corrected chi connectivity index (χ3v) is 3.93. The number of hydrogen-bond donors (Lipinski definition) is 4. The fraction of sp³-hybridized carbons (Fsp3) is 0.250. The van der Waals surface area contributed by atoms with Gasteiger partial charge < -0.3 is 0 Å². The molecular formula is C12H14ClFN6O4S. The number of rotatable bonds is 7. The minimum atomic E-state index is -3.79. The van der Waals surface area contributed by atoms with Crippen molar-refractivity contribution in [1.29, 1.82) is 5.41 Å². The summed E-state index contributed by atoms with van der Waals surface area (Å²) in [5.74, 6) is -1.14. The highest BCUT2D eigenvalue weighted by molar-refractivity contribution is 7.87. The number of nitrogens with two attached hydrogens (primary N) is 1. The summed E-state index contributed by atoms with van der Waals surface area (Å²) in [7, 11) is -3.79. The molecule has 0 aliphatic rings. The Morgan fingerprint density at radius 1 is 1.48 bits per heavy atom. The molecule has 1 heterocycles. The summed E-state index contributed by atoms with van der Waals surface area (Å²) in [6, 6.07) is 3.39. The van der Waals surface area contributed by atoms with Crippen molar-refractivity contribution in [3.63, 3.8) is 0 Å². The predicted octanol–water partition coefficient (Wildman–Crippen LogP) is 0.809. The van der Waals surface area contributed by atoms with Crippen LogP contribution in [-0.2, 0) is 16.6 Å². The molecule has 0 atom stereocenters. The molecule has 0 aliphatic carbocycles. The summed E-state index contributed by atoms with van der Waals surface area (Å²) in [6.45, 7) is 0.0505. The van der Waals surface area contributed by atoms with E-state index in [1.807, 2.05) is 0 Å². The zero-order chi connectivity index (χ0) is 18.6. The van der Waals surface area contributed by atoms with Gasteiger partial charge in [0.15, 0.2) is 11.5 Å². The molecule has 0 aliphatic heterocycles. The molecule has 0 radical (unpaired) electrons. The normalized spacial score (nSPS) is 11.5. The molecule has 0 fully saturated rings. The highest BCUT2D eigenvalue weighted by Gasteiger charge is 2.21. The number of nitrogens with one attached hydrogen (secondary N) is 2. The zero-order valence-corrected chi connectivity index (χ0v) is 14.2. The van der Waals surface area contributed by atoms with Gasteiger partial charge in [-0.2, -0.15) is 8.42 Å². The van der Waals surface area contributed by atoms with Gasteiger partial charge in [0.2, 0.25) is 0 Å². The van der Waals surface area contributed by atoms with E-state index in [1.165, 1.54) is 6.07 Å². The van der Waals surface area contributed by atoms with Crippen LogP contribution in [0.5, 0.6) is 0 Å². The van der Waals surface area contributed by atoms with Crippen molar-refractivity contribution < 1.29 is 22.6 Å². The molecular weight excluding hydrogens is 379 g/mol. The smallest absolute Gasteiger partial charge is 0.274 e. The molecule has 0 saturated carbocycles. The summed E-state index contributed by atoms with van der Waals surface area (Å²) >= 11 is 5.64. The van der Waals surface area contributed by atoms with Gasteiger partial charge in [0, 0.05) is 6.54 Å². The first-order valence-corrected chi connectivity index (χ1v) is 8.73. The lowest BCUT2D eigenvalue weighted by atomic mass is 10.2. The van der Waals surface area contributed by atoms with E-state index in [9.17, 15) is 18.0 Å². The Kier molecular flexibility index (Phi) is 6.02. The number of halogens is 2. The average Bonchev–Trinajstić information content (AvgIpc) is 3.00. The van der Waals surface area contributed by atoms with Gasteiger partial charge in [-0.1, -0.05) is 16.8 Å². The Labute approximate surface area is 147 Å². The molecule has 0 bridgehead atoms. The Hall–Kier alpha value is -2.12. The second kappa shape index (κ2) is 7.84. The fourth-order valence-electron chi connectivity index (χ4n) is 1.87. The molecule has 0 saturated heterocycles. The van der Waals surface area contributed by atoms with E-state index in [4.69, 9.17) is 22.1 Å². The summed E-state index contributed by atoms with van der Waals surface area (Å²) in [4.78, 5) is 0. The summed E-state index contributed by atoms with van der Waals surface area (Å²) in [5.41, 5.74) is 0.216. The first kappa shape index (κ1) is 19.2. The first-order valence-electron chi connectivity index (χ1n) is 6.81. The zero-order valence-electron chi connectivity index (χ0n) is 12.6. The van der Waals surface area contributed by atoms with Crippen LogP contribution in [0, 0.1) is 11.2 Å². The second-order valence-electron chi connectivity index (χ2n) is 4.86. The Morgan fingerprint density at radius 2 is 2.20 bits per heavy atom. The van der Waals surface area contributed by atoms with Crippen molar-refractivity contribution in [3.8, 4) is 0 Å². The lowest BCUT2D eigenvalue weighted by Gasteiger charge is -2.16. The summed E-state index contributed by atoms with van der Waals surface area (Å²) in [6.07, 6.45) is 0.514. The van der Waals surface area contributed by atoms with Gasteiger partial charge in [-0.15, -0.1) is 0 Å². The average molecular weight is 393 g/mol. The lowest BCUT2D eigenvalue weighted by Crippen LogP contribution is -2.32. The van der Waals surface area contributed by atoms with Crippen molar-refractivity contribution in [1.82, 2.24) is 15.0 Å².